The summed E-state index contributed by atoms with van der Waals surface area (Å²) < 4.78 is 9.68. The van der Waals surface area contributed by atoms with Crippen LogP contribution >= 0.6 is 0 Å². The van der Waals surface area contributed by atoms with Crippen LogP contribution < -0.4 is 9.88 Å². The molecule has 138 valence electrons. The van der Waals surface area contributed by atoms with Crippen molar-refractivity contribution < 1.29 is 9.30 Å². The first kappa shape index (κ1) is 18.3. The lowest BCUT2D eigenvalue weighted by Crippen LogP contribution is -2.34. The van der Waals surface area contributed by atoms with Gasteiger partial charge in [-0.2, -0.15) is 4.57 Å². The molecule has 0 unspecified atom stereocenters. The van der Waals surface area contributed by atoms with Crippen molar-refractivity contribution in [3.05, 3.63) is 48.8 Å². The Morgan fingerprint density at radius 2 is 1.96 bits per heavy atom. The fraction of sp³-hybridized carbons (Fsp3) is 0.450. The second-order valence-corrected chi connectivity index (χ2v) is 6.47. The van der Waals surface area contributed by atoms with Crippen molar-refractivity contribution >= 4 is 16.7 Å². The number of aromatic nitrogens is 4. The van der Waals surface area contributed by atoms with Gasteiger partial charge in [0, 0.05) is 6.07 Å². The fourth-order valence-corrected chi connectivity index (χ4v) is 2.88. The molecule has 26 heavy (non-hydrogen) atoms. The summed E-state index contributed by atoms with van der Waals surface area (Å²) >= 11 is 0. The van der Waals surface area contributed by atoms with E-state index in [0.717, 1.165) is 29.7 Å². The van der Waals surface area contributed by atoms with Crippen LogP contribution in [-0.4, -0.2) is 21.6 Å². The SMILES string of the molecule is CCCCCCCOC[n+]1cccc(NCn2nnc3ccccc32)c1. The highest BCUT2D eigenvalue weighted by atomic mass is 16.5. The first-order valence-corrected chi connectivity index (χ1v) is 9.46. The van der Waals surface area contributed by atoms with Gasteiger partial charge in [-0.3, -0.25) is 0 Å². The number of ether oxygens (including phenoxy) is 1. The van der Waals surface area contributed by atoms with E-state index in [-0.39, 0.29) is 0 Å². The van der Waals surface area contributed by atoms with Gasteiger partial charge < -0.3 is 10.1 Å². The number of nitrogens with zero attached hydrogens (tertiary/aromatic N) is 4. The normalized spacial score (nSPS) is 11.1. The van der Waals surface area contributed by atoms with Gasteiger partial charge in [-0.25, -0.2) is 4.68 Å². The Labute approximate surface area is 154 Å². The number of fused-ring (bicyclic) bond motifs is 1. The van der Waals surface area contributed by atoms with Crippen LogP contribution in [0.4, 0.5) is 5.69 Å². The molecule has 0 saturated carbocycles. The molecule has 0 amide bonds. The van der Waals surface area contributed by atoms with Gasteiger partial charge >= 0.3 is 0 Å². The first-order valence-electron chi connectivity index (χ1n) is 9.46. The average molecular weight is 354 g/mol. The van der Waals surface area contributed by atoms with Crippen LogP contribution in [0.15, 0.2) is 48.8 Å². The number of unbranched alkanes of at least 4 members (excludes halogenated alkanes) is 4. The topological polar surface area (TPSA) is 55.9 Å². The molecule has 0 aliphatic carbocycles. The lowest BCUT2D eigenvalue weighted by Gasteiger charge is -2.06. The van der Waals surface area contributed by atoms with Gasteiger partial charge in [0.25, 0.3) is 6.73 Å². The zero-order valence-corrected chi connectivity index (χ0v) is 15.5. The van der Waals surface area contributed by atoms with Crippen molar-refractivity contribution in [1.29, 1.82) is 0 Å². The monoisotopic (exact) mass is 354 g/mol. The van der Waals surface area contributed by atoms with Gasteiger partial charge in [0.2, 0.25) is 0 Å². The van der Waals surface area contributed by atoms with Crippen molar-refractivity contribution in [2.75, 3.05) is 11.9 Å². The molecule has 6 nitrogen and oxygen atoms in total. The van der Waals surface area contributed by atoms with E-state index in [1.807, 2.05) is 51.8 Å². The first-order chi connectivity index (χ1) is 12.9. The Morgan fingerprint density at radius 3 is 2.88 bits per heavy atom. The summed E-state index contributed by atoms with van der Waals surface area (Å²) in [7, 11) is 0. The Kier molecular flexibility index (Phi) is 6.96. The number of rotatable bonds is 11. The largest absolute Gasteiger partial charge is 0.361 e. The second-order valence-electron chi connectivity index (χ2n) is 6.47. The predicted molar refractivity (Wildman–Crippen MR) is 102 cm³/mol. The van der Waals surface area contributed by atoms with Crippen LogP contribution in [0, 0.1) is 0 Å². The molecular formula is C20H28N5O+. The highest BCUT2D eigenvalue weighted by Crippen LogP contribution is 2.10. The Hall–Kier alpha value is -2.47. The number of anilines is 1. The number of hydrogen-bond acceptors (Lipinski definition) is 4. The highest BCUT2D eigenvalue weighted by Gasteiger charge is 2.05. The van der Waals surface area contributed by atoms with Gasteiger partial charge in [0.1, 0.15) is 17.9 Å². The average Bonchev–Trinajstić information content (AvgIpc) is 3.09. The second kappa shape index (κ2) is 9.87. The zero-order valence-electron chi connectivity index (χ0n) is 15.5. The Balaban J connectivity index is 1.45. The van der Waals surface area contributed by atoms with Crippen LogP contribution in [0.1, 0.15) is 39.0 Å². The molecule has 0 aliphatic heterocycles. The van der Waals surface area contributed by atoms with E-state index < -0.39 is 0 Å². The van der Waals surface area contributed by atoms with Crippen molar-refractivity contribution in [3.8, 4) is 0 Å². The molecule has 2 heterocycles. The summed E-state index contributed by atoms with van der Waals surface area (Å²) in [4.78, 5) is 0. The summed E-state index contributed by atoms with van der Waals surface area (Å²) in [5.74, 6) is 0. The molecule has 1 N–H and O–H groups in total. The molecule has 3 aromatic rings. The minimum absolute atomic E-state index is 0.572. The van der Waals surface area contributed by atoms with Crippen molar-refractivity contribution in [3.63, 3.8) is 0 Å². The summed E-state index contributed by atoms with van der Waals surface area (Å²) in [6, 6.07) is 12.0. The fourth-order valence-electron chi connectivity index (χ4n) is 2.88. The molecule has 0 saturated heterocycles. The lowest BCUT2D eigenvalue weighted by molar-refractivity contribution is -0.732. The third-order valence-corrected chi connectivity index (χ3v) is 4.34. The van der Waals surface area contributed by atoms with Crippen LogP contribution in [0.3, 0.4) is 0 Å². The maximum absolute atomic E-state index is 5.77. The van der Waals surface area contributed by atoms with Crippen molar-refractivity contribution in [1.82, 2.24) is 15.0 Å². The molecule has 0 bridgehead atoms. The Bertz CT molecular complexity index is 802. The quantitative estimate of drug-likeness (QED) is 0.421. The van der Waals surface area contributed by atoms with Crippen LogP contribution in [0.2, 0.25) is 0 Å². The minimum atomic E-state index is 0.572. The molecule has 0 radical (unpaired) electrons. The third-order valence-electron chi connectivity index (χ3n) is 4.34. The van der Waals surface area contributed by atoms with E-state index in [2.05, 4.69) is 28.7 Å². The number of hydrogen-bond donors (Lipinski definition) is 1. The minimum Gasteiger partial charge on any atom is -0.361 e. The van der Waals surface area contributed by atoms with E-state index in [4.69, 9.17) is 4.74 Å². The summed E-state index contributed by atoms with van der Waals surface area (Å²) in [5, 5.41) is 11.8. The van der Waals surface area contributed by atoms with E-state index in [1.54, 1.807) is 0 Å². The summed E-state index contributed by atoms with van der Waals surface area (Å²) in [5.41, 5.74) is 2.96. The number of benzene rings is 1. The zero-order chi connectivity index (χ0) is 18.0. The summed E-state index contributed by atoms with van der Waals surface area (Å²) in [6.45, 7) is 4.21. The molecule has 2 aromatic heterocycles. The van der Waals surface area contributed by atoms with E-state index >= 15 is 0 Å². The number of pyridine rings is 1. The molecule has 6 heteroatoms. The van der Waals surface area contributed by atoms with Crippen LogP contribution in [-0.2, 0) is 18.1 Å². The predicted octanol–water partition coefficient (Wildman–Crippen LogP) is 3.73. The molecule has 1 aromatic carbocycles. The van der Waals surface area contributed by atoms with Gasteiger partial charge in [-0.05, 0) is 24.6 Å². The van der Waals surface area contributed by atoms with Crippen molar-refractivity contribution in [2.45, 2.75) is 52.4 Å². The molecule has 0 aliphatic rings. The molecular weight excluding hydrogens is 326 g/mol. The number of nitrogens with one attached hydrogen (secondary N) is 1. The van der Waals surface area contributed by atoms with E-state index in [1.165, 1.54) is 25.7 Å². The molecule has 0 fully saturated rings. The van der Waals surface area contributed by atoms with Crippen LogP contribution in [0.25, 0.3) is 11.0 Å². The van der Waals surface area contributed by atoms with Gasteiger partial charge in [-0.15, -0.1) is 5.10 Å². The van der Waals surface area contributed by atoms with Crippen molar-refractivity contribution in [2.24, 2.45) is 0 Å². The Morgan fingerprint density at radius 1 is 1.08 bits per heavy atom. The van der Waals surface area contributed by atoms with E-state index in [9.17, 15) is 0 Å². The standard InChI is InChI=1S/C20H28N5O/c1-2-3-4-5-8-14-26-17-24-13-9-10-18(15-24)21-16-25-20-12-7-6-11-19(20)22-23-25/h6-7,9-13,15,21H,2-5,8,14,16-17H2,1H3/q+1. The molecule has 0 spiro atoms. The summed E-state index contributed by atoms with van der Waals surface area (Å²) in [6.07, 6.45) is 10.4. The van der Waals surface area contributed by atoms with Gasteiger partial charge in [0.15, 0.2) is 12.4 Å². The smallest absolute Gasteiger partial charge is 0.252 e. The molecule has 3 rings (SSSR count). The van der Waals surface area contributed by atoms with Gasteiger partial charge in [-0.1, -0.05) is 50.0 Å². The maximum atomic E-state index is 5.77. The molecule has 0 atom stereocenters. The van der Waals surface area contributed by atoms with Gasteiger partial charge in [0.05, 0.1) is 12.1 Å². The lowest BCUT2D eigenvalue weighted by atomic mass is 10.2. The third kappa shape index (κ3) is 5.26. The van der Waals surface area contributed by atoms with E-state index in [0.29, 0.717) is 13.4 Å². The highest BCUT2D eigenvalue weighted by molar-refractivity contribution is 5.73. The van der Waals surface area contributed by atoms with Crippen LogP contribution in [0.5, 0.6) is 0 Å². The maximum Gasteiger partial charge on any atom is 0.252 e. The number of para-hydroxylation sites is 1.